The van der Waals surface area contributed by atoms with Gasteiger partial charge < -0.3 is 14.8 Å². The van der Waals surface area contributed by atoms with Crippen molar-refractivity contribution in [2.24, 2.45) is 0 Å². The van der Waals surface area contributed by atoms with E-state index in [4.69, 9.17) is 9.47 Å². The number of fused-ring (bicyclic) bond motifs is 1. The number of nitrogens with one attached hydrogen (secondary N) is 1. The van der Waals surface area contributed by atoms with Crippen molar-refractivity contribution in [1.82, 2.24) is 10.2 Å². The highest BCUT2D eigenvalue weighted by atomic mass is 16.5. The zero-order chi connectivity index (χ0) is 14.8. The van der Waals surface area contributed by atoms with Gasteiger partial charge in [0.15, 0.2) is 17.3 Å². The van der Waals surface area contributed by atoms with Gasteiger partial charge in [0.2, 0.25) is 0 Å². The molecule has 5 nitrogen and oxygen atoms in total. The third-order valence-corrected chi connectivity index (χ3v) is 3.78. The smallest absolute Gasteiger partial charge is 0.161 e. The Hall–Kier alpha value is -2.30. The molecule has 1 aliphatic rings. The standard InChI is InChI=1S/C16H19N3O2/c1-10-11(2)16(17-3)19-18-15(10)12-5-6-13-14(9-12)21-8-4-7-20-13/h5-6,9H,4,7-8H2,1-3H3,(H,17,19). The molecule has 0 bridgehead atoms. The van der Waals surface area contributed by atoms with Crippen molar-refractivity contribution in [2.75, 3.05) is 25.6 Å². The maximum absolute atomic E-state index is 5.74. The largest absolute Gasteiger partial charge is 0.490 e. The highest BCUT2D eigenvalue weighted by molar-refractivity contribution is 5.69. The molecule has 2 aromatic rings. The van der Waals surface area contributed by atoms with Crippen molar-refractivity contribution >= 4 is 5.82 Å². The number of hydrogen-bond acceptors (Lipinski definition) is 5. The Kier molecular flexibility index (Phi) is 3.64. The topological polar surface area (TPSA) is 56.3 Å². The summed E-state index contributed by atoms with van der Waals surface area (Å²) in [7, 11) is 1.85. The molecular weight excluding hydrogens is 266 g/mol. The highest BCUT2D eigenvalue weighted by Crippen LogP contribution is 2.35. The summed E-state index contributed by atoms with van der Waals surface area (Å²) < 4.78 is 11.4. The van der Waals surface area contributed by atoms with Gasteiger partial charge >= 0.3 is 0 Å². The second-order valence-corrected chi connectivity index (χ2v) is 5.11. The van der Waals surface area contributed by atoms with Crippen LogP contribution in [0.25, 0.3) is 11.3 Å². The first kappa shape index (κ1) is 13.7. The molecule has 0 saturated carbocycles. The predicted octanol–water partition coefficient (Wildman–Crippen LogP) is 2.96. The van der Waals surface area contributed by atoms with Crippen LogP contribution in [-0.2, 0) is 0 Å². The summed E-state index contributed by atoms with van der Waals surface area (Å²) in [6, 6.07) is 5.93. The van der Waals surface area contributed by atoms with E-state index in [0.29, 0.717) is 13.2 Å². The van der Waals surface area contributed by atoms with Crippen LogP contribution in [0.3, 0.4) is 0 Å². The minimum Gasteiger partial charge on any atom is -0.490 e. The molecule has 3 rings (SSSR count). The quantitative estimate of drug-likeness (QED) is 0.919. The van der Waals surface area contributed by atoms with E-state index < -0.39 is 0 Å². The molecule has 0 amide bonds. The van der Waals surface area contributed by atoms with Gasteiger partial charge in [-0.25, -0.2) is 0 Å². The maximum atomic E-state index is 5.74. The molecule has 110 valence electrons. The summed E-state index contributed by atoms with van der Waals surface area (Å²) in [5.41, 5.74) is 4.09. The van der Waals surface area contributed by atoms with Gasteiger partial charge in [0.1, 0.15) is 0 Å². The molecule has 0 saturated heterocycles. The van der Waals surface area contributed by atoms with E-state index in [2.05, 4.69) is 22.4 Å². The first-order valence-electron chi connectivity index (χ1n) is 7.12. The SMILES string of the molecule is CNc1nnc(-c2ccc3c(c2)OCCCO3)c(C)c1C. The van der Waals surface area contributed by atoms with E-state index in [1.165, 1.54) is 0 Å². The first-order valence-corrected chi connectivity index (χ1v) is 7.12. The fourth-order valence-corrected chi connectivity index (χ4v) is 2.43. The molecule has 0 fully saturated rings. The lowest BCUT2D eigenvalue weighted by atomic mass is 10.0. The van der Waals surface area contributed by atoms with Crippen molar-refractivity contribution in [3.05, 3.63) is 29.3 Å². The van der Waals surface area contributed by atoms with Gasteiger partial charge in [0.05, 0.1) is 18.9 Å². The summed E-state index contributed by atoms with van der Waals surface area (Å²) in [6.07, 6.45) is 0.902. The third kappa shape index (κ3) is 2.51. The zero-order valence-corrected chi connectivity index (χ0v) is 12.6. The Balaban J connectivity index is 2.05. The monoisotopic (exact) mass is 285 g/mol. The van der Waals surface area contributed by atoms with E-state index in [1.807, 2.05) is 32.2 Å². The summed E-state index contributed by atoms with van der Waals surface area (Å²) >= 11 is 0. The molecule has 1 N–H and O–H groups in total. The van der Waals surface area contributed by atoms with Crippen molar-refractivity contribution < 1.29 is 9.47 Å². The lowest BCUT2D eigenvalue weighted by molar-refractivity contribution is 0.297. The summed E-state index contributed by atoms with van der Waals surface area (Å²) in [5, 5.41) is 11.6. The Morgan fingerprint density at radius 3 is 2.52 bits per heavy atom. The summed E-state index contributed by atoms with van der Waals surface area (Å²) in [6.45, 7) is 5.48. The lowest BCUT2D eigenvalue weighted by Crippen LogP contribution is -2.03. The highest BCUT2D eigenvalue weighted by Gasteiger charge is 2.15. The molecule has 1 aliphatic heterocycles. The molecule has 2 heterocycles. The van der Waals surface area contributed by atoms with Gasteiger partial charge in [0, 0.05) is 19.0 Å². The van der Waals surface area contributed by atoms with Crippen LogP contribution in [0.4, 0.5) is 5.82 Å². The Bertz CT molecular complexity index is 671. The lowest BCUT2D eigenvalue weighted by Gasteiger charge is -2.13. The fourth-order valence-electron chi connectivity index (χ4n) is 2.43. The van der Waals surface area contributed by atoms with E-state index in [9.17, 15) is 0 Å². The van der Waals surface area contributed by atoms with Crippen LogP contribution in [-0.4, -0.2) is 30.5 Å². The number of rotatable bonds is 2. The fraction of sp³-hybridized carbons (Fsp3) is 0.375. The second-order valence-electron chi connectivity index (χ2n) is 5.11. The molecule has 1 aromatic heterocycles. The predicted molar refractivity (Wildman–Crippen MR) is 82.1 cm³/mol. The average molecular weight is 285 g/mol. The number of hydrogen-bond donors (Lipinski definition) is 1. The van der Waals surface area contributed by atoms with Crippen molar-refractivity contribution in [3.8, 4) is 22.8 Å². The molecule has 1 aromatic carbocycles. The Labute approximate surface area is 124 Å². The van der Waals surface area contributed by atoms with Crippen LogP contribution < -0.4 is 14.8 Å². The number of benzene rings is 1. The second kappa shape index (κ2) is 5.60. The van der Waals surface area contributed by atoms with Crippen LogP contribution in [0.1, 0.15) is 17.5 Å². The average Bonchev–Trinajstić information content (AvgIpc) is 2.74. The zero-order valence-electron chi connectivity index (χ0n) is 12.6. The van der Waals surface area contributed by atoms with Gasteiger partial charge in [-0.1, -0.05) is 0 Å². The number of nitrogens with zero attached hydrogens (tertiary/aromatic N) is 2. The Morgan fingerprint density at radius 2 is 1.76 bits per heavy atom. The van der Waals surface area contributed by atoms with E-state index in [-0.39, 0.29) is 0 Å². The van der Waals surface area contributed by atoms with Gasteiger partial charge in [-0.2, -0.15) is 0 Å². The van der Waals surface area contributed by atoms with E-state index >= 15 is 0 Å². The minimum absolute atomic E-state index is 0.679. The minimum atomic E-state index is 0.679. The normalized spacial score (nSPS) is 13.7. The molecular formula is C16H19N3O2. The molecule has 0 unspecified atom stereocenters. The van der Waals surface area contributed by atoms with Crippen molar-refractivity contribution in [2.45, 2.75) is 20.3 Å². The van der Waals surface area contributed by atoms with Crippen LogP contribution in [0, 0.1) is 13.8 Å². The number of aromatic nitrogens is 2. The van der Waals surface area contributed by atoms with E-state index in [0.717, 1.165) is 46.1 Å². The molecule has 0 aliphatic carbocycles. The van der Waals surface area contributed by atoms with Crippen LogP contribution in [0.2, 0.25) is 0 Å². The van der Waals surface area contributed by atoms with Gasteiger partial charge in [-0.15, -0.1) is 10.2 Å². The summed E-state index contributed by atoms with van der Waals surface area (Å²) in [4.78, 5) is 0. The Morgan fingerprint density at radius 1 is 1.00 bits per heavy atom. The maximum Gasteiger partial charge on any atom is 0.161 e. The molecule has 0 atom stereocenters. The number of anilines is 1. The molecule has 0 spiro atoms. The van der Waals surface area contributed by atoms with Gasteiger partial charge in [-0.3, -0.25) is 0 Å². The van der Waals surface area contributed by atoms with Crippen LogP contribution >= 0.6 is 0 Å². The van der Waals surface area contributed by atoms with Crippen molar-refractivity contribution in [3.63, 3.8) is 0 Å². The molecule has 5 heteroatoms. The van der Waals surface area contributed by atoms with Gasteiger partial charge in [0.25, 0.3) is 0 Å². The summed E-state index contributed by atoms with van der Waals surface area (Å²) in [5.74, 6) is 2.39. The van der Waals surface area contributed by atoms with Gasteiger partial charge in [-0.05, 0) is 43.2 Å². The van der Waals surface area contributed by atoms with E-state index in [1.54, 1.807) is 0 Å². The first-order chi connectivity index (χ1) is 10.2. The van der Waals surface area contributed by atoms with Crippen LogP contribution in [0.5, 0.6) is 11.5 Å². The van der Waals surface area contributed by atoms with Crippen LogP contribution in [0.15, 0.2) is 18.2 Å². The molecule has 0 radical (unpaired) electrons. The van der Waals surface area contributed by atoms with Crippen molar-refractivity contribution in [1.29, 1.82) is 0 Å². The molecule has 21 heavy (non-hydrogen) atoms. The number of ether oxygens (including phenoxy) is 2. The third-order valence-electron chi connectivity index (χ3n) is 3.78.